The lowest BCUT2D eigenvalue weighted by Gasteiger charge is -2.14. The van der Waals surface area contributed by atoms with Gasteiger partial charge in [0.2, 0.25) is 0 Å². The lowest BCUT2D eigenvalue weighted by molar-refractivity contribution is -0.127. The van der Waals surface area contributed by atoms with Crippen LogP contribution in [-0.4, -0.2) is 51.5 Å². The average molecular weight is 411 g/mol. The molecule has 0 unspecified atom stereocenters. The Morgan fingerprint density at radius 2 is 1.50 bits per heavy atom. The van der Waals surface area contributed by atoms with E-state index in [1.165, 1.54) is 22.3 Å². The molecule has 1 aliphatic carbocycles. The molecule has 0 atom stereocenters. The molecule has 0 saturated carbocycles. The second-order valence-corrected chi connectivity index (χ2v) is 7.54. The Morgan fingerprint density at radius 3 is 2.13 bits per heavy atom. The van der Waals surface area contributed by atoms with Crippen LogP contribution in [0.5, 0.6) is 0 Å². The van der Waals surface area contributed by atoms with Crippen LogP contribution in [0.3, 0.4) is 0 Å². The van der Waals surface area contributed by atoms with Crippen LogP contribution in [-0.2, 0) is 19.0 Å². The van der Waals surface area contributed by atoms with Crippen molar-refractivity contribution in [3.8, 4) is 11.1 Å². The van der Waals surface area contributed by atoms with Crippen molar-refractivity contribution in [2.45, 2.75) is 19.8 Å². The molecule has 0 bridgehead atoms. The normalized spacial score (nSPS) is 12.5. The summed E-state index contributed by atoms with van der Waals surface area (Å²) in [4.78, 5) is 23.5. The van der Waals surface area contributed by atoms with Crippen LogP contribution in [0.4, 0.5) is 4.79 Å². The van der Waals surface area contributed by atoms with Crippen LogP contribution < -0.4 is 5.32 Å². The second-order valence-electron chi connectivity index (χ2n) is 7.54. The smallest absolute Gasteiger partial charge is 0.407 e. The van der Waals surface area contributed by atoms with Gasteiger partial charge in [-0.25, -0.2) is 4.79 Å². The van der Waals surface area contributed by atoms with E-state index in [9.17, 15) is 9.59 Å². The lowest BCUT2D eigenvalue weighted by atomic mass is 9.98. The molecule has 2 aromatic rings. The van der Waals surface area contributed by atoms with Crippen molar-refractivity contribution in [3.05, 3.63) is 59.7 Å². The SMILES string of the molecule is CC(C)C(=O)COCCOCCNC(=O)OCC1c2ccccc2-c2ccccc21. The highest BCUT2D eigenvalue weighted by atomic mass is 16.6. The summed E-state index contributed by atoms with van der Waals surface area (Å²) in [6, 6.07) is 16.5. The molecule has 2 aromatic carbocycles. The Balaban J connectivity index is 1.34. The van der Waals surface area contributed by atoms with Gasteiger partial charge in [-0.05, 0) is 22.3 Å². The second kappa shape index (κ2) is 10.9. The maximum absolute atomic E-state index is 12.0. The van der Waals surface area contributed by atoms with E-state index in [4.69, 9.17) is 14.2 Å². The summed E-state index contributed by atoms with van der Waals surface area (Å²) < 4.78 is 16.1. The molecule has 0 radical (unpaired) electrons. The molecule has 0 aromatic heterocycles. The van der Waals surface area contributed by atoms with E-state index in [-0.39, 0.29) is 24.2 Å². The summed E-state index contributed by atoms with van der Waals surface area (Å²) in [6.45, 7) is 5.51. The molecule has 6 nitrogen and oxygen atoms in total. The summed E-state index contributed by atoms with van der Waals surface area (Å²) in [5.41, 5.74) is 4.78. The van der Waals surface area contributed by atoms with Crippen molar-refractivity contribution in [3.63, 3.8) is 0 Å². The molecule has 0 fully saturated rings. The number of rotatable bonds is 11. The zero-order valence-corrected chi connectivity index (χ0v) is 17.6. The first-order chi connectivity index (χ1) is 14.6. The Hall–Kier alpha value is -2.70. The largest absolute Gasteiger partial charge is 0.449 e. The number of hydrogen-bond acceptors (Lipinski definition) is 5. The highest BCUT2D eigenvalue weighted by Crippen LogP contribution is 2.44. The summed E-state index contributed by atoms with van der Waals surface area (Å²) in [5.74, 6) is 0.101. The highest BCUT2D eigenvalue weighted by molar-refractivity contribution is 5.81. The van der Waals surface area contributed by atoms with Gasteiger partial charge in [0.25, 0.3) is 0 Å². The number of carbonyl (C=O) groups is 2. The molecule has 0 saturated heterocycles. The van der Waals surface area contributed by atoms with Gasteiger partial charge in [0.1, 0.15) is 13.2 Å². The van der Waals surface area contributed by atoms with Crippen LogP contribution in [0, 0.1) is 5.92 Å². The van der Waals surface area contributed by atoms with E-state index in [1.807, 2.05) is 38.1 Å². The number of nitrogens with one attached hydrogen (secondary N) is 1. The molecule has 160 valence electrons. The minimum Gasteiger partial charge on any atom is -0.449 e. The summed E-state index contributed by atoms with van der Waals surface area (Å²) in [6.07, 6.45) is -0.459. The van der Waals surface area contributed by atoms with E-state index in [0.717, 1.165) is 0 Å². The lowest BCUT2D eigenvalue weighted by Crippen LogP contribution is -2.29. The standard InChI is InChI=1S/C24H29NO5/c1-17(2)23(26)16-29-14-13-28-12-11-25-24(27)30-15-22-20-9-5-3-7-18(20)19-8-4-6-10-21(19)22/h3-10,17,22H,11-16H2,1-2H3,(H,25,27). The van der Waals surface area contributed by atoms with Gasteiger partial charge in [0, 0.05) is 18.4 Å². The third-order valence-electron chi connectivity index (χ3n) is 5.12. The predicted molar refractivity (Wildman–Crippen MR) is 115 cm³/mol. The Morgan fingerprint density at radius 1 is 0.900 bits per heavy atom. The van der Waals surface area contributed by atoms with Gasteiger partial charge in [-0.15, -0.1) is 0 Å². The Kier molecular flexibility index (Phi) is 7.99. The zero-order valence-electron chi connectivity index (χ0n) is 17.6. The first-order valence-corrected chi connectivity index (χ1v) is 10.3. The van der Waals surface area contributed by atoms with Crippen molar-refractivity contribution < 1.29 is 23.8 Å². The molecule has 30 heavy (non-hydrogen) atoms. The summed E-state index contributed by atoms with van der Waals surface area (Å²) >= 11 is 0. The highest BCUT2D eigenvalue weighted by Gasteiger charge is 2.28. The summed E-state index contributed by atoms with van der Waals surface area (Å²) in [7, 11) is 0. The van der Waals surface area contributed by atoms with Crippen LogP contribution in [0.1, 0.15) is 30.9 Å². The minimum absolute atomic E-state index is 0.0210. The summed E-state index contributed by atoms with van der Waals surface area (Å²) in [5, 5.41) is 2.70. The van der Waals surface area contributed by atoms with E-state index in [0.29, 0.717) is 33.0 Å². The number of amides is 1. The molecule has 1 N–H and O–H groups in total. The van der Waals surface area contributed by atoms with Gasteiger partial charge in [-0.3, -0.25) is 4.79 Å². The van der Waals surface area contributed by atoms with Crippen molar-refractivity contribution >= 4 is 11.9 Å². The molecule has 1 aliphatic rings. The van der Waals surface area contributed by atoms with E-state index >= 15 is 0 Å². The van der Waals surface area contributed by atoms with E-state index < -0.39 is 6.09 Å². The molecular formula is C24H29NO5. The monoisotopic (exact) mass is 411 g/mol. The minimum atomic E-state index is -0.459. The number of fused-ring (bicyclic) bond motifs is 3. The maximum atomic E-state index is 12.0. The fourth-order valence-electron chi connectivity index (χ4n) is 3.43. The average Bonchev–Trinajstić information content (AvgIpc) is 3.07. The van der Waals surface area contributed by atoms with Gasteiger partial charge in [-0.2, -0.15) is 0 Å². The molecular weight excluding hydrogens is 382 g/mol. The third-order valence-corrected chi connectivity index (χ3v) is 5.12. The zero-order chi connectivity index (χ0) is 21.3. The van der Waals surface area contributed by atoms with Gasteiger partial charge in [0.05, 0.1) is 19.8 Å². The quantitative estimate of drug-likeness (QED) is 0.570. The van der Waals surface area contributed by atoms with E-state index in [1.54, 1.807) is 0 Å². The molecule has 1 amide bonds. The van der Waals surface area contributed by atoms with E-state index in [2.05, 4.69) is 29.6 Å². The molecule has 0 spiro atoms. The number of benzene rings is 2. The number of ketones is 1. The van der Waals surface area contributed by atoms with Gasteiger partial charge in [0.15, 0.2) is 5.78 Å². The molecule has 0 heterocycles. The Labute approximate surface area is 177 Å². The molecule has 3 rings (SSSR count). The van der Waals surface area contributed by atoms with Crippen LogP contribution >= 0.6 is 0 Å². The van der Waals surface area contributed by atoms with Crippen LogP contribution in [0.2, 0.25) is 0 Å². The third kappa shape index (κ3) is 5.68. The fraction of sp³-hybridized carbons (Fsp3) is 0.417. The van der Waals surface area contributed by atoms with Gasteiger partial charge >= 0.3 is 6.09 Å². The van der Waals surface area contributed by atoms with Crippen molar-refractivity contribution in [2.24, 2.45) is 5.92 Å². The van der Waals surface area contributed by atoms with Gasteiger partial charge < -0.3 is 19.5 Å². The van der Waals surface area contributed by atoms with Crippen molar-refractivity contribution in [2.75, 3.05) is 39.6 Å². The number of alkyl carbamates (subject to hydrolysis) is 1. The number of Topliss-reactive ketones (excluding diaryl/α,β-unsaturated/α-hetero) is 1. The topological polar surface area (TPSA) is 73.9 Å². The van der Waals surface area contributed by atoms with Crippen LogP contribution in [0.15, 0.2) is 48.5 Å². The molecule has 6 heteroatoms. The number of ether oxygens (including phenoxy) is 3. The van der Waals surface area contributed by atoms with Crippen molar-refractivity contribution in [1.82, 2.24) is 5.32 Å². The number of carbonyl (C=O) groups excluding carboxylic acids is 2. The Bertz CT molecular complexity index is 819. The maximum Gasteiger partial charge on any atom is 0.407 e. The fourth-order valence-corrected chi connectivity index (χ4v) is 3.43. The number of hydrogen-bond donors (Lipinski definition) is 1. The van der Waals surface area contributed by atoms with Crippen molar-refractivity contribution in [1.29, 1.82) is 0 Å². The first kappa shape index (κ1) is 22.0. The first-order valence-electron chi connectivity index (χ1n) is 10.3. The molecule has 0 aliphatic heterocycles. The predicted octanol–water partition coefficient (Wildman–Crippen LogP) is 3.78. The van der Waals surface area contributed by atoms with Crippen LogP contribution in [0.25, 0.3) is 11.1 Å². The van der Waals surface area contributed by atoms with Gasteiger partial charge in [-0.1, -0.05) is 62.4 Å².